The van der Waals surface area contributed by atoms with Gasteiger partial charge in [0.05, 0.1) is 0 Å². The minimum atomic E-state index is 0.156. The first-order valence-electron chi connectivity index (χ1n) is 7.30. The highest BCUT2D eigenvalue weighted by atomic mass is 16.3. The van der Waals surface area contributed by atoms with Crippen molar-refractivity contribution in [1.29, 1.82) is 0 Å². The predicted molar refractivity (Wildman–Crippen MR) is 81.4 cm³/mol. The van der Waals surface area contributed by atoms with Gasteiger partial charge in [-0.25, -0.2) is 0 Å². The van der Waals surface area contributed by atoms with Crippen LogP contribution in [0, 0.1) is 5.92 Å². The number of Topliss-reactive ketones (excluding diaryl/α,β-unsaturated/α-hetero) is 1. The SMILES string of the molecule is CN(C)/C=C(/C(=O)C1CCCCC1)c1ccc(O)cc1. The molecule has 0 heterocycles. The fourth-order valence-corrected chi connectivity index (χ4v) is 2.76. The van der Waals surface area contributed by atoms with Gasteiger partial charge < -0.3 is 10.0 Å². The van der Waals surface area contributed by atoms with E-state index < -0.39 is 0 Å². The number of hydrogen-bond donors (Lipinski definition) is 1. The van der Waals surface area contributed by atoms with Crippen LogP contribution in [0.15, 0.2) is 30.5 Å². The first-order valence-corrected chi connectivity index (χ1v) is 7.30. The van der Waals surface area contributed by atoms with Gasteiger partial charge in [0.2, 0.25) is 0 Å². The standard InChI is InChI=1S/C17H23NO2/c1-18(2)12-16(13-8-10-15(19)11-9-13)17(20)14-6-4-3-5-7-14/h8-12,14,19H,3-7H2,1-2H3/b16-12+. The Balaban J connectivity index is 2.27. The molecule has 0 aromatic heterocycles. The lowest BCUT2D eigenvalue weighted by Crippen LogP contribution is -2.20. The zero-order valence-corrected chi connectivity index (χ0v) is 12.3. The first kappa shape index (κ1) is 14.6. The molecule has 0 amide bonds. The first-order chi connectivity index (χ1) is 9.58. The number of carbonyl (C=O) groups is 1. The molecule has 3 heteroatoms. The monoisotopic (exact) mass is 273 g/mol. The van der Waals surface area contributed by atoms with Crippen LogP contribution in [0.3, 0.4) is 0 Å². The Bertz CT molecular complexity index is 482. The molecule has 0 spiro atoms. The maximum absolute atomic E-state index is 12.8. The minimum absolute atomic E-state index is 0.156. The van der Waals surface area contributed by atoms with E-state index in [-0.39, 0.29) is 17.5 Å². The van der Waals surface area contributed by atoms with Gasteiger partial charge in [-0.15, -0.1) is 0 Å². The number of hydrogen-bond acceptors (Lipinski definition) is 3. The van der Waals surface area contributed by atoms with Gasteiger partial charge in [-0.1, -0.05) is 31.4 Å². The molecule has 3 nitrogen and oxygen atoms in total. The van der Waals surface area contributed by atoms with E-state index in [0.29, 0.717) is 0 Å². The van der Waals surface area contributed by atoms with Crippen LogP contribution in [0.1, 0.15) is 37.7 Å². The van der Waals surface area contributed by atoms with Gasteiger partial charge in [0.15, 0.2) is 5.78 Å². The van der Waals surface area contributed by atoms with Crippen molar-refractivity contribution in [3.8, 4) is 5.75 Å². The third-order valence-corrected chi connectivity index (χ3v) is 3.81. The Morgan fingerprint density at radius 3 is 2.30 bits per heavy atom. The number of aromatic hydroxyl groups is 1. The zero-order valence-electron chi connectivity index (χ0n) is 12.3. The lowest BCUT2D eigenvalue weighted by atomic mass is 9.82. The van der Waals surface area contributed by atoms with Crippen molar-refractivity contribution < 1.29 is 9.90 Å². The maximum atomic E-state index is 12.8. The van der Waals surface area contributed by atoms with E-state index in [1.165, 1.54) is 6.42 Å². The molecule has 0 bridgehead atoms. The third kappa shape index (κ3) is 3.62. The molecule has 0 aliphatic heterocycles. The second-order valence-electron chi connectivity index (χ2n) is 5.75. The Kier molecular flexibility index (Phi) is 4.83. The van der Waals surface area contributed by atoms with Gasteiger partial charge in [-0.05, 0) is 30.5 Å². The molecular weight excluding hydrogens is 250 g/mol. The number of rotatable bonds is 4. The molecule has 0 radical (unpaired) electrons. The summed E-state index contributed by atoms with van der Waals surface area (Å²) in [5, 5.41) is 9.39. The second kappa shape index (κ2) is 6.60. The van der Waals surface area contributed by atoms with Gasteiger partial charge >= 0.3 is 0 Å². The summed E-state index contributed by atoms with van der Waals surface area (Å²) < 4.78 is 0. The number of nitrogens with zero attached hydrogens (tertiary/aromatic N) is 1. The molecular formula is C17H23NO2. The molecule has 2 rings (SSSR count). The number of phenols is 1. The molecule has 0 saturated heterocycles. The van der Waals surface area contributed by atoms with Gasteiger partial charge in [0.25, 0.3) is 0 Å². The molecule has 1 N–H and O–H groups in total. The summed E-state index contributed by atoms with van der Waals surface area (Å²) in [4.78, 5) is 14.7. The fourth-order valence-electron chi connectivity index (χ4n) is 2.76. The summed E-state index contributed by atoms with van der Waals surface area (Å²) in [6.07, 6.45) is 7.45. The highest BCUT2D eigenvalue weighted by Gasteiger charge is 2.25. The second-order valence-corrected chi connectivity index (χ2v) is 5.75. The van der Waals surface area contributed by atoms with E-state index in [9.17, 15) is 9.90 Å². The number of carbonyl (C=O) groups excluding carboxylic acids is 1. The molecule has 108 valence electrons. The van der Waals surface area contributed by atoms with Gasteiger partial charge in [-0.3, -0.25) is 4.79 Å². The van der Waals surface area contributed by atoms with Gasteiger partial charge in [0.1, 0.15) is 5.75 Å². The quantitative estimate of drug-likeness (QED) is 0.854. The summed E-state index contributed by atoms with van der Waals surface area (Å²) in [5.41, 5.74) is 1.63. The van der Waals surface area contributed by atoms with Crippen LogP contribution < -0.4 is 0 Å². The van der Waals surface area contributed by atoms with Crippen molar-refractivity contribution in [3.05, 3.63) is 36.0 Å². The van der Waals surface area contributed by atoms with Crippen LogP contribution in [-0.2, 0) is 4.79 Å². The molecule has 1 saturated carbocycles. The number of phenolic OH excluding ortho intramolecular Hbond substituents is 1. The van der Waals surface area contributed by atoms with E-state index in [0.717, 1.165) is 36.8 Å². The number of ketones is 1. The predicted octanol–water partition coefficient (Wildman–Crippen LogP) is 3.44. The molecule has 1 aliphatic rings. The zero-order chi connectivity index (χ0) is 14.5. The van der Waals surface area contributed by atoms with Crippen molar-refractivity contribution in [3.63, 3.8) is 0 Å². The molecule has 0 unspecified atom stereocenters. The number of allylic oxidation sites excluding steroid dienone is 1. The Morgan fingerprint density at radius 2 is 1.75 bits per heavy atom. The van der Waals surface area contributed by atoms with E-state index in [2.05, 4.69) is 0 Å². The van der Waals surface area contributed by atoms with E-state index >= 15 is 0 Å². The molecule has 1 fully saturated rings. The lowest BCUT2D eigenvalue weighted by Gasteiger charge is -2.22. The van der Waals surface area contributed by atoms with Crippen LogP contribution in [0.4, 0.5) is 0 Å². The molecule has 0 atom stereocenters. The van der Waals surface area contributed by atoms with Crippen molar-refractivity contribution in [2.24, 2.45) is 5.92 Å². The molecule has 20 heavy (non-hydrogen) atoms. The maximum Gasteiger partial charge on any atom is 0.168 e. The minimum Gasteiger partial charge on any atom is -0.508 e. The molecule has 1 aromatic rings. The summed E-state index contributed by atoms with van der Waals surface area (Å²) in [6.45, 7) is 0. The smallest absolute Gasteiger partial charge is 0.168 e. The lowest BCUT2D eigenvalue weighted by molar-refractivity contribution is -0.118. The molecule has 1 aliphatic carbocycles. The van der Waals surface area contributed by atoms with Gasteiger partial charge in [0, 0.05) is 31.8 Å². The summed E-state index contributed by atoms with van der Waals surface area (Å²) in [6, 6.07) is 6.89. The highest BCUT2D eigenvalue weighted by Crippen LogP contribution is 2.30. The summed E-state index contributed by atoms with van der Waals surface area (Å²) in [5.74, 6) is 0.621. The van der Waals surface area contributed by atoms with Crippen molar-refractivity contribution in [2.45, 2.75) is 32.1 Å². The topological polar surface area (TPSA) is 40.5 Å². The average Bonchev–Trinajstić information content (AvgIpc) is 2.46. The fraction of sp³-hybridized carbons (Fsp3) is 0.471. The normalized spacial score (nSPS) is 17.0. The Labute approximate surface area is 120 Å². The summed E-state index contributed by atoms with van der Waals surface area (Å²) >= 11 is 0. The van der Waals surface area contributed by atoms with Crippen LogP contribution in [0.2, 0.25) is 0 Å². The highest BCUT2D eigenvalue weighted by molar-refractivity contribution is 6.21. The van der Waals surface area contributed by atoms with Gasteiger partial charge in [-0.2, -0.15) is 0 Å². The number of benzene rings is 1. The average molecular weight is 273 g/mol. The van der Waals surface area contributed by atoms with E-state index in [4.69, 9.17) is 0 Å². The third-order valence-electron chi connectivity index (χ3n) is 3.81. The van der Waals surface area contributed by atoms with Crippen molar-refractivity contribution in [2.75, 3.05) is 14.1 Å². The van der Waals surface area contributed by atoms with E-state index in [1.54, 1.807) is 12.1 Å². The van der Waals surface area contributed by atoms with Crippen LogP contribution in [-0.4, -0.2) is 29.9 Å². The molecule has 1 aromatic carbocycles. The van der Waals surface area contributed by atoms with Crippen LogP contribution in [0.25, 0.3) is 5.57 Å². The van der Waals surface area contributed by atoms with Crippen LogP contribution in [0.5, 0.6) is 5.75 Å². The van der Waals surface area contributed by atoms with E-state index in [1.807, 2.05) is 37.3 Å². The van der Waals surface area contributed by atoms with Crippen molar-refractivity contribution >= 4 is 11.4 Å². The summed E-state index contributed by atoms with van der Waals surface area (Å²) in [7, 11) is 3.85. The Morgan fingerprint density at radius 1 is 1.15 bits per heavy atom. The van der Waals surface area contributed by atoms with Crippen molar-refractivity contribution in [1.82, 2.24) is 4.90 Å². The largest absolute Gasteiger partial charge is 0.508 e. The van der Waals surface area contributed by atoms with Crippen LogP contribution >= 0.6 is 0 Å². The Hall–Kier alpha value is -1.77.